The summed E-state index contributed by atoms with van der Waals surface area (Å²) in [6.07, 6.45) is 6.04. The van der Waals surface area contributed by atoms with Crippen molar-refractivity contribution in [2.45, 2.75) is 38.5 Å². The minimum Gasteiger partial charge on any atom is -0.387 e. The summed E-state index contributed by atoms with van der Waals surface area (Å²) in [5.74, 6) is -0.210. The number of allylic oxidation sites excluding steroid dienone is 1. The van der Waals surface area contributed by atoms with Crippen LogP contribution in [0.1, 0.15) is 30.5 Å². The molecule has 4 nitrogen and oxygen atoms in total. The highest BCUT2D eigenvalue weighted by molar-refractivity contribution is 5.18. The molecule has 0 aliphatic carbocycles. The minimum absolute atomic E-state index is 0.210. The molecular formula is C22H32FN2O2+. The van der Waals surface area contributed by atoms with Gasteiger partial charge in [-0.3, -0.25) is 0 Å². The summed E-state index contributed by atoms with van der Waals surface area (Å²) in [6.45, 7) is 7.54. The first-order chi connectivity index (χ1) is 13.1. The quantitative estimate of drug-likeness (QED) is 0.417. The van der Waals surface area contributed by atoms with Gasteiger partial charge in [0, 0.05) is 26.3 Å². The fraction of sp³-hybridized carbons (Fsp3) is 0.455. The summed E-state index contributed by atoms with van der Waals surface area (Å²) in [5.41, 5.74) is 2.13. The van der Waals surface area contributed by atoms with Gasteiger partial charge in [-0.25, -0.2) is 4.39 Å². The maximum atomic E-state index is 13.5. The second-order valence-electron chi connectivity index (χ2n) is 7.00. The van der Waals surface area contributed by atoms with Gasteiger partial charge < -0.3 is 19.3 Å². The molecule has 148 valence electrons. The number of halogens is 1. The molecular weight excluding hydrogens is 343 g/mol. The van der Waals surface area contributed by atoms with Crippen LogP contribution < -0.4 is 4.90 Å². The third kappa shape index (κ3) is 7.67. The Labute approximate surface area is 161 Å². The molecule has 2 rings (SSSR count). The minimum atomic E-state index is -0.341. The van der Waals surface area contributed by atoms with E-state index in [1.807, 2.05) is 24.4 Å². The Morgan fingerprint density at radius 2 is 2.19 bits per heavy atom. The van der Waals surface area contributed by atoms with Crippen molar-refractivity contribution in [1.29, 1.82) is 0 Å². The third-order valence-electron chi connectivity index (χ3n) is 4.70. The van der Waals surface area contributed by atoms with E-state index in [0.717, 1.165) is 44.5 Å². The van der Waals surface area contributed by atoms with Crippen LogP contribution in [0.25, 0.3) is 0 Å². The van der Waals surface area contributed by atoms with Gasteiger partial charge in [-0.05, 0) is 42.7 Å². The maximum Gasteiger partial charge on any atom is 0.123 e. The highest BCUT2D eigenvalue weighted by atomic mass is 19.1. The summed E-state index contributed by atoms with van der Waals surface area (Å²) in [7, 11) is 1.71. The van der Waals surface area contributed by atoms with Crippen molar-refractivity contribution in [2.75, 3.05) is 26.8 Å². The van der Waals surface area contributed by atoms with Crippen molar-refractivity contribution < 1.29 is 19.1 Å². The number of nitrogens with zero attached hydrogens (tertiary/aromatic N) is 1. The number of nitrogens with one attached hydrogen (secondary N) is 1. The van der Waals surface area contributed by atoms with E-state index in [1.54, 1.807) is 19.2 Å². The summed E-state index contributed by atoms with van der Waals surface area (Å²) in [5, 5.41) is 10.3. The molecule has 1 aromatic carbocycles. The van der Waals surface area contributed by atoms with Crippen LogP contribution in [0, 0.1) is 5.82 Å². The molecule has 0 bridgehead atoms. The van der Waals surface area contributed by atoms with Crippen LogP contribution >= 0.6 is 0 Å². The Bertz CT molecular complexity index is 686. The van der Waals surface area contributed by atoms with Crippen molar-refractivity contribution in [3.8, 4) is 0 Å². The molecule has 0 aliphatic rings. The first-order valence-corrected chi connectivity index (χ1v) is 9.62. The number of hydrogen-bond acceptors (Lipinski definition) is 2. The van der Waals surface area contributed by atoms with Gasteiger partial charge in [0.05, 0.1) is 18.8 Å². The van der Waals surface area contributed by atoms with Crippen molar-refractivity contribution in [1.82, 2.24) is 4.57 Å². The van der Waals surface area contributed by atoms with Crippen LogP contribution in [-0.2, 0) is 17.8 Å². The van der Waals surface area contributed by atoms with E-state index >= 15 is 0 Å². The first kappa shape index (κ1) is 21.4. The highest BCUT2D eigenvalue weighted by Gasteiger charge is 2.17. The number of ether oxygens (including phenoxy) is 1. The predicted octanol–water partition coefficient (Wildman–Crippen LogP) is 2.42. The Kier molecular flexibility index (Phi) is 9.25. The van der Waals surface area contributed by atoms with Crippen LogP contribution in [0.3, 0.4) is 0 Å². The molecule has 2 atom stereocenters. The largest absolute Gasteiger partial charge is 0.387 e. The molecule has 0 saturated carbocycles. The van der Waals surface area contributed by atoms with Crippen LogP contribution in [-0.4, -0.2) is 42.6 Å². The van der Waals surface area contributed by atoms with Crippen LogP contribution in [0.5, 0.6) is 0 Å². The lowest BCUT2D eigenvalue weighted by Crippen LogP contribution is -3.12. The van der Waals surface area contributed by atoms with Gasteiger partial charge in [-0.2, -0.15) is 0 Å². The average Bonchev–Trinajstić information content (AvgIpc) is 3.06. The van der Waals surface area contributed by atoms with Gasteiger partial charge >= 0.3 is 0 Å². The van der Waals surface area contributed by atoms with E-state index in [9.17, 15) is 9.50 Å². The number of aliphatic hydroxyl groups excluding tert-OH is 1. The normalized spacial score (nSPS) is 13.4. The summed E-state index contributed by atoms with van der Waals surface area (Å²) < 4.78 is 20.8. The number of quaternary nitrogens is 1. The van der Waals surface area contributed by atoms with E-state index in [0.29, 0.717) is 13.1 Å². The smallest absolute Gasteiger partial charge is 0.123 e. The average molecular weight is 376 g/mol. The topological polar surface area (TPSA) is 38.8 Å². The van der Waals surface area contributed by atoms with Crippen molar-refractivity contribution >= 4 is 0 Å². The molecule has 1 aromatic heterocycles. The van der Waals surface area contributed by atoms with E-state index in [1.165, 1.54) is 16.7 Å². The zero-order valence-electron chi connectivity index (χ0n) is 16.2. The zero-order chi connectivity index (χ0) is 19.5. The van der Waals surface area contributed by atoms with Crippen molar-refractivity contribution in [3.63, 3.8) is 0 Å². The second-order valence-corrected chi connectivity index (χ2v) is 7.00. The Balaban J connectivity index is 2.02. The molecule has 0 aliphatic heterocycles. The number of aliphatic hydroxyl groups is 1. The molecule has 0 spiro atoms. The molecule has 1 unspecified atom stereocenters. The second kappa shape index (κ2) is 11.7. The van der Waals surface area contributed by atoms with Crippen LogP contribution in [0.4, 0.5) is 4.39 Å². The van der Waals surface area contributed by atoms with Gasteiger partial charge in [0.2, 0.25) is 0 Å². The summed E-state index contributed by atoms with van der Waals surface area (Å²) in [4.78, 5) is 1.32. The van der Waals surface area contributed by atoms with Crippen LogP contribution in [0.15, 0.2) is 55.3 Å². The lowest BCUT2D eigenvalue weighted by atomic mass is 10.1. The molecule has 27 heavy (non-hydrogen) atoms. The Morgan fingerprint density at radius 1 is 1.33 bits per heavy atom. The van der Waals surface area contributed by atoms with Gasteiger partial charge in [-0.1, -0.05) is 18.2 Å². The van der Waals surface area contributed by atoms with E-state index in [2.05, 4.69) is 17.2 Å². The molecule has 5 heteroatoms. The summed E-state index contributed by atoms with van der Waals surface area (Å²) in [6, 6.07) is 10.8. The molecule has 0 fully saturated rings. The number of aromatic nitrogens is 1. The van der Waals surface area contributed by atoms with Crippen molar-refractivity contribution in [3.05, 3.63) is 72.3 Å². The molecule has 1 heterocycles. The number of methoxy groups -OCH3 is 1. The third-order valence-corrected chi connectivity index (χ3v) is 4.70. The van der Waals surface area contributed by atoms with E-state index in [4.69, 9.17) is 4.74 Å². The lowest BCUT2D eigenvalue weighted by molar-refractivity contribution is -0.917. The lowest BCUT2D eigenvalue weighted by Gasteiger charge is -2.23. The fourth-order valence-electron chi connectivity index (χ4n) is 3.33. The first-order valence-electron chi connectivity index (χ1n) is 9.62. The van der Waals surface area contributed by atoms with E-state index in [-0.39, 0.29) is 11.9 Å². The molecule has 0 radical (unpaired) electrons. The Hall–Kier alpha value is -1.95. The van der Waals surface area contributed by atoms with Gasteiger partial charge in [0.15, 0.2) is 0 Å². The van der Waals surface area contributed by atoms with Gasteiger partial charge in [0.25, 0.3) is 0 Å². The predicted molar refractivity (Wildman–Crippen MR) is 106 cm³/mol. The number of benzene rings is 1. The van der Waals surface area contributed by atoms with Gasteiger partial charge in [0.1, 0.15) is 25.0 Å². The number of hydrogen-bond donors (Lipinski definition) is 2. The fourth-order valence-corrected chi connectivity index (χ4v) is 3.33. The molecule has 0 saturated heterocycles. The number of rotatable bonds is 13. The highest BCUT2D eigenvalue weighted by Crippen LogP contribution is 2.09. The van der Waals surface area contributed by atoms with Crippen molar-refractivity contribution in [2.24, 2.45) is 0 Å². The standard InChI is InChI=1S/C22H31FN2O2/c1-3-4-11-22(26)18-24(12-7-14-27-2)17-21-10-6-13-25(21)16-19-8-5-9-20(23)15-19/h3,5-6,8-10,13,15,22,26H,1,4,7,11-12,14,16-18H2,2H3/p+1/t22-/m1/s1. The molecule has 2 aromatic rings. The maximum absolute atomic E-state index is 13.5. The van der Waals surface area contributed by atoms with Crippen LogP contribution in [0.2, 0.25) is 0 Å². The zero-order valence-corrected chi connectivity index (χ0v) is 16.2. The van der Waals surface area contributed by atoms with Gasteiger partial charge in [-0.15, -0.1) is 6.58 Å². The molecule has 2 N–H and O–H groups in total. The SMILES string of the molecule is C=CCC[C@@H](O)C[NH+](CCCOC)Cc1cccn1Cc1cccc(F)c1. The summed E-state index contributed by atoms with van der Waals surface area (Å²) >= 11 is 0. The van der Waals surface area contributed by atoms with E-state index < -0.39 is 0 Å². The monoisotopic (exact) mass is 375 g/mol. The molecule has 0 amide bonds. The Morgan fingerprint density at radius 3 is 2.93 bits per heavy atom.